The van der Waals surface area contributed by atoms with Crippen LogP contribution in [-0.4, -0.2) is 38.1 Å². The number of rotatable bonds is 7. The Balaban J connectivity index is 1.91. The molecule has 0 saturated heterocycles. The lowest BCUT2D eigenvalue weighted by molar-refractivity contribution is -0.123. The van der Waals surface area contributed by atoms with E-state index >= 15 is 0 Å². The van der Waals surface area contributed by atoms with E-state index in [4.69, 9.17) is 25.8 Å². The summed E-state index contributed by atoms with van der Waals surface area (Å²) in [6.07, 6.45) is 1.39. The number of phenolic OH excluding ortho intramolecular Hbond substituents is 1. The van der Waals surface area contributed by atoms with Crippen molar-refractivity contribution in [1.29, 1.82) is 0 Å². The van der Waals surface area contributed by atoms with Gasteiger partial charge in [0.1, 0.15) is 5.75 Å². The van der Waals surface area contributed by atoms with Crippen LogP contribution in [0.5, 0.6) is 23.0 Å². The fourth-order valence-electron chi connectivity index (χ4n) is 1.88. The number of carbonyl (C=O) groups excluding carboxylic acids is 1. The number of hydrogen-bond acceptors (Lipinski definition) is 6. The molecule has 8 heteroatoms. The van der Waals surface area contributed by atoms with Crippen LogP contribution in [0, 0.1) is 0 Å². The molecule has 7 nitrogen and oxygen atoms in total. The largest absolute Gasteiger partial charge is 0.502 e. The second kappa shape index (κ2) is 8.79. The number of amides is 1. The second-order valence-corrected chi connectivity index (χ2v) is 5.25. The number of hydrogen-bond donors (Lipinski definition) is 2. The lowest BCUT2D eigenvalue weighted by Gasteiger charge is -2.09. The van der Waals surface area contributed by atoms with Crippen molar-refractivity contribution in [2.45, 2.75) is 0 Å². The number of ether oxygens (including phenoxy) is 3. The van der Waals surface area contributed by atoms with E-state index in [1.54, 1.807) is 36.4 Å². The van der Waals surface area contributed by atoms with Crippen molar-refractivity contribution in [3.63, 3.8) is 0 Å². The molecule has 0 aliphatic heterocycles. The number of halogens is 1. The van der Waals surface area contributed by atoms with E-state index in [2.05, 4.69) is 10.5 Å². The number of phenols is 1. The lowest BCUT2D eigenvalue weighted by atomic mass is 10.2. The molecular weight excluding hydrogens is 348 g/mol. The summed E-state index contributed by atoms with van der Waals surface area (Å²) < 4.78 is 15.4. The zero-order valence-electron chi connectivity index (χ0n) is 13.7. The molecule has 0 aliphatic rings. The first kappa shape index (κ1) is 18.4. The highest BCUT2D eigenvalue weighted by atomic mass is 35.5. The first-order valence-corrected chi connectivity index (χ1v) is 7.56. The average Bonchev–Trinajstić information content (AvgIpc) is 2.62. The normalized spacial score (nSPS) is 10.5. The number of hydrazone groups is 1. The highest BCUT2D eigenvalue weighted by Gasteiger charge is 2.10. The number of aromatic hydroxyl groups is 1. The first-order chi connectivity index (χ1) is 12.0. The summed E-state index contributed by atoms with van der Waals surface area (Å²) in [7, 11) is 2.84. The minimum absolute atomic E-state index is 0.109. The van der Waals surface area contributed by atoms with Crippen molar-refractivity contribution in [3.8, 4) is 23.0 Å². The van der Waals surface area contributed by atoms with Crippen molar-refractivity contribution in [2.24, 2.45) is 5.10 Å². The van der Waals surface area contributed by atoms with Gasteiger partial charge in [-0.05, 0) is 36.4 Å². The van der Waals surface area contributed by atoms with E-state index in [0.29, 0.717) is 16.3 Å². The Morgan fingerprint density at radius 3 is 2.36 bits per heavy atom. The summed E-state index contributed by atoms with van der Waals surface area (Å²) in [5.74, 6) is 0.458. The predicted octanol–water partition coefficient (Wildman–Crippen LogP) is 2.59. The SMILES string of the molecule is COc1cc(/C=N/NC(=O)COc2ccc(Cl)cc2)cc(OC)c1O. The Kier molecular flexibility index (Phi) is 6.47. The molecule has 0 atom stereocenters. The van der Waals surface area contributed by atoms with E-state index in [-0.39, 0.29) is 23.9 Å². The van der Waals surface area contributed by atoms with Gasteiger partial charge in [0.05, 0.1) is 20.4 Å². The fraction of sp³-hybridized carbons (Fsp3) is 0.176. The van der Waals surface area contributed by atoms with Crippen LogP contribution in [0.3, 0.4) is 0 Å². The first-order valence-electron chi connectivity index (χ1n) is 7.18. The zero-order chi connectivity index (χ0) is 18.2. The minimum Gasteiger partial charge on any atom is -0.502 e. The Morgan fingerprint density at radius 1 is 1.20 bits per heavy atom. The Labute approximate surface area is 149 Å². The third-order valence-electron chi connectivity index (χ3n) is 3.09. The van der Waals surface area contributed by atoms with Crippen molar-refractivity contribution < 1.29 is 24.1 Å². The number of benzene rings is 2. The van der Waals surface area contributed by atoms with Gasteiger partial charge in [0.2, 0.25) is 5.75 Å². The van der Waals surface area contributed by atoms with Crippen LogP contribution >= 0.6 is 11.6 Å². The molecule has 0 saturated carbocycles. The molecule has 0 fully saturated rings. The molecule has 0 aromatic heterocycles. The highest BCUT2D eigenvalue weighted by molar-refractivity contribution is 6.30. The molecule has 0 aliphatic carbocycles. The smallest absolute Gasteiger partial charge is 0.277 e. The van der Waals surface area contributed by atoms with Gasteiger partial charge in [-0.15, -0.1) is 0 Å². The number of nitrogens with one attached hydrogen (secondary N) is 1. The molecule has 132 valence electrons. The van der Waals surface area contributed by atoms with Gasteiger partial charge >= 0.3 is 0 Å². The monoisotopic (exact) mass is 364 g/mol. The van der Waals surface area contributed by atoms with Gasteiger partial charge in [-0.3, -0.25) is 4.79 Å². The highest BCUT2D eigenvalue weighted by Crippen LogP contribution is 2.36. The predicted molar refractivity (Wildman–Crippen MR) is 93.9 cm³/mol. The van der Waals surface area contributed by atoms with Crippen LogP contribution in [0.2, 0.25) is 5.02 Å². The third-order valence-corrected chi connectivity index (χ3v) is 3.34. The van der Waals surface area contributed by atoms with Crippen LogP contribution in [0.15, 0.2) is 41.5 Å². The molecule has 2 aromatic carbocycles. The quantitative estimate of drug-likeness (QED) is 0.582. The van der Waals surface area contributed by atoms with Gasteiger partial charge in [0, 0.05) is 10.6 Å². The molecule has 2 aromatic rings. The number of carbonyl (C=O) groups is 1. The summed E-state index contributed by atoms with van der Waals surface area (Å²) >= 11 is 5.77. The van der Waals surface area contributed by atoms with Crippen molar-refractivity contribution in [2.75, 3.05) is 20.8 Å². The number of nitrogens with zero attached hydrogens (tertiary/aromatic N) is 1. The standard InChI is InChI=1S/C17H17ClN2O5/c1-23-14-7-11(8-15(24-2)17(14)22)9-19-20-16(21)10-25-13-5-3-12(18)4-6-13/h3-9,22H,10H2,1-2H3,(H,20,21)/b19-9+. The van der Waals surface area contributed by atoms with Crippen LogP contribution < -0.4 is 19.6 Å². The van der Waals surface area contributed by atoms with Crippen molar-refractivity contribution >= 4 is 23.7 Å². The van der Waals surface area contributed by atoms with Gasteiger partial charge in [0.25, 0.3) is 5.91 Å². The molecule has 0 unspecified atom stereocenters. The Bertz CT molecular complexity index is 737. The maximum atomic E-state index is 11.7. The molecule has 25 heavy (non-hydrogen) atoms. The van der Waals surface area contributed by atoms with Gasteiger partial charge < -0.3 is 19.3 Å². The summed E-state index contributed by atoms with van der Waals surface area (Å²) in [5.41, 5.74) is 2.91. The zero-order valence-corrected chi connectivity index (χ0v) is 14.4. The molecule has 0 radical (unpaired) electrons. The van der Waals surface area contributed by atoms with Crippen LogP contribution in [0.1, 0.15) is 5.56 Å². The van der Waals surface area contributed by atoms with Gasteiger partial charge in [0.15, 0.2) is 18.1 Å². The molecule has 0 heterocycles. The Hall–Kier alpha value is -2.93. The van der Waals surface area contributed by atoms with E-state index in [1.807, 2.05) is 0 Å². The van der Waals surface area contributed by atoms with Gasteiger partial charge in [-0.25, -0.2) is 5.43 Å². The van der Waals surface area contributed by atoms with Crippen molar-refractivity contribution in [3.05, 3.63) is 47.0 Å². The summed E-state index contributed by atoms with van der Waals surface area (Å²) in [6, 6.07) is 9.76. The number of methoxy groups -OCH3 is 2. The maximum absolute atomic E-state index is 11.7. The van der Waals surface area contributed by atoms with Crippen LogP contribution in [0.4, 0.5) is 0 Å². The molecular formula is C17H17ClN2O5. The van der Waals surface area contributed by atoms with E-state index in [9.17, 15) is 9.90 Å². The van der Waals surface area contributed by atoms with Gasteiger partial charge in [-0.1, -0.05) is 11.6 Å². The molecule has 0 bridgehead atoms. The van der Waals surface area contributed by atoms with Crippen LogP contribution in [0.25, 0.3) is 0 Å². The molecule has 2 N–H and O–H groups in total. The average molecular weight is 365 g/mol. The molecule has 0 spiro atoms. The Morgan fingerprint density at radius 2 is 1.80 bits per heavy atom. The summed E-state index contributed by atoms with van der Waals surface area (Å²) in [5, 5.41) is 14.2. The van der Waals surface area contributed by atoms with E-state index in [0.717, 1.165) is 0 Å². The van der Waals surface area contributed by atoms with Crippen molar-refractivity contribution in [1.82, 2.24) is 5.43 Å². The summed E-state index contributed by atoms with van der Waals surface area (Å²) in [6.45, 7) is -0.193. The maximum Gasteiger partial charge on any atom is 0.277 e. The van der Waals surface area contributed by atoms with Crippen LogP contribution in [-0.2, 0) is 4.79 Å². The topological polar surface area (TPSA) is 89.4 Å². The fourth-order valence-corrected chi connectivity index (χ4v) is 2.01. The third kappa shape index (κ3) is 5.29. The second-order valence-electron chi connectivity index (χ2n) is 4.81. The molecule has 1 amide bonds. The van der Waals surface area contributed by atoms with Gasteiger partial charge in [-0.2, -0.15) is 5.10 Å². The molecule has 2 rings (SSSR count). The summed E-state index contributed by atoms with van der Waals surface area (Å²) in [4.78, 5) is 11.7. The van der Waals surface area contributed by atoms with E-state index < -0.39 is 5.91 Å². The minimum atomic E-state index is -0.427. The lowest BCUT2D eigenvalue weighted by Crippen LogP contribution is -2.24. The van der Waals surface area contributed by atoms with E-state index in [1.165, 1.54) is 20.4 Å².